The summed E-state index contributed by atoms with van der Waals surface area (Å²) in [4.78, 5) is -0.201. The van der Waals surface area contributed by atoms with Crippen molar-refractivity contribution < 1.29 is 8.78 Å². The minimum Gasteiger partial charge on any atom is -0.203 e. The summed E-state index contributed by atoms with van der Waals surface area (Å²) in [6.07, 6.45) is 0. The van der Waals surface area contributed by atoms with Crippen molar-refractivity contribution >= 4 is 11.3 Å². The number of rotatable bonds is 0. The van der Waals surface area contributed by atoms with Crippen LogP contribution in [0.25, 0.3) is 0 Å². The van der Waals surface area contributed by atoms with Crippen molar-refractivity contribution in [3.63, 3.8) is 0 Å². The number of hydrogen-bond donors (Lipinski definition) is 0. The molecule has 1 rings (SSSR count). The van der Waals surface area contributed by atoms with Crippen LogP contribution in [-0.2, 0) is 0 Å². The summed E-state index contributed by atoms with van der Waals surface area (Å²) >= 11 is 0.765. The van der Waals surface area contributed by atoms with Crippen molar-refractivity contribution in [1.29, 1.82) is 5.26 Å². The molecule has 1 aromatic heterocycles. The van der Waals surface area contributed by atoms with Crippen LogP contribution in [0.1, 0.15) is 4.88 Å². The Morgan fingerprint density at radius 1 is 1.56 bits per heavy atom. The number of nitriles is 1. The summed E-state index contributed by atoms with van der Waals surface area (Å²) in [6.45, 7) is 0. The van der Waals surface area contributed by atoms with Crippen molar-refractivity contribution in [2.45, 2.75) is 0 Å². The Bertz CT molecular complexity index is 260. The molecule has 0 saturated carbocycles. The van der Waals surface area contributed by atoms with E-state index in [1.165, 1.54) is 6.07 Å². The molecule has 1 heterocycles. The lowest BCUT2D eigenvalue weighted by molar-refractivity contribution is 0.514. The minimum absolute atomic E-state index is 0.201. The highest BCUT2D eigenvalue weighted by molar-refractivity contribution is 7.10. The van der Waals surface area contributed by atoms with Gasteiger partial charge < -0.3 is 0 Å². The Morgan fingerprint density at radius 2 is 2.22 bits per heavy atom. The molecule has 0 spiro atoms. The van der Waals surface area contributed by atoms with Gasteiger partial charge in [0.05, 0.1) is 0 Å². The Balaban J connectivity index is 3.24. The molecular formula is C5HF2NS. The van der Waals surface area contributed by atoms with E-state index in [9.17, 15) is 8.78 Å². The average molecular weight is 145 g/mol. The van der Waals surface area contributed by atoms with Crippen LogP contribution in [0.3, 0.4) is 0 Å². The van der Waals surface area contributed by atoms with Crippen LogP contribution < -0.4 is 0 Å². The summed E-state index contributed by atoms with van der Waals surface area (Å²) in [5.41, 5.74) is 0. The van der Waals surface area contributed by atoms with E-state index in [4.69, 9.17) is 5.26 Å². The third kappa shape index (κ3) is 0.911. The van der Waals surface area contributed by atoms with Crippen LogP contribution >= 0.6 is 11.3 Å². The zero-order chi connectivity index (χ0) is 6.85. The molecule has 0 radical (unpaired) electrons. The van der Waals surface area contributed by atoms with Crippen LogP contribution in [0.2, 0.25) is 0 Å². The molecule has 46 valence electrons. The maximum Gasteiger partial charge on any atom is 0.187 e. The molecule has 0 aliphatic rings. The van der Waals surface area contributed by atoms with Crippen molar-refractivity contribution in [2.75, 3.05) is 0 Å². The molecule has 0 atom stereocenters. The topological polar surface area (TPSA) is 23.8 Å². The third-order valence-corrected chi connectivity index (χ3v) is 1.62. The van der Waals surface area contributed by atoms with E-state index in [1.54, 1.807) is 0 Å². The Labute approximate surface area is 54.2 Å². The van der Waals surface area contributed by atoms with Gasteiger partial charge in [-0.2, -0.15) is 5.26 Å². The van der Waals surface area contributed by atoms with Crippen molar-refractivity contribution in [3.8, 4) is 6.07 Å². The monoisotopic (exact) mass is 145 g/mol. The van der Waals surface area contributed by atoms with Crippen LogP contribution in [0.5, 0.6) is 0 Å². The molecule has 0 amide bonds. The molecule has 0 bridgehead atoms. The van der Waals surface area contributed by atoms with E-state index < -0.39 is 11.6 Å². The first-order chi connectivity index (χ1) is 4.25. The molecule has 0 unspecified atom stereocenters. The lowest BCUT2D eigenvalue weighted by Crippen LogP contribution is -1.75. The highest BCUT2D eigenvalue weighted by atomic mass is 32.1. The molecule has 1 nitrogen and oxygen atoms in total. The molecule has 0 saturated heterocycles. The van der Waals surface area contributed by atoms with Gasteiger partial charge in [-0.25, -0.2) is 8.78 Å². The van der Waals surface area contributed by atoms with Crippen molar-refractivity contribution in [1.82, 2.24) is 0 Å². The van der Waals surface area contributed by atoms with Gasteiger partial charge in [-0.1, -0.05) is 0 Å². The van der Waals surface area contributed by atoms with Gasteiger partial charge in [0.2, 0.25) is 0 Å². The predicted molar refractivity (Wildman–Crippen MR) is 29.0 cm³/mol. The second-order valence-electron chi connectivity index (χ2n) is 1.34. The molecule has 0 N–H and O–H groups in total. The second-order valence-corrected chi connectivity index (χ2v) is 2.22. The normalized spacial score (nSPS) is 9.00. The van der Waals surface area contributed by atoms with E-state index in [2.05, 4.69) is 0 Å². The van der Waals surface area contributed by atoms with Crippen LogP contribution in [0.15, 0.2) is 5.38 Å². The lowest BCUT2D eigenvalue weighted by Gasteiger charge is -1.76. The van der Waals surface area contributed by atoms with Gasteiger partial charge in [-0.3, -0.25) is 0 Å². The van der Waals surface area contributed by atoms with Crippen LogP contribution in [-0.4, -0.2) is 0 Å². The first-order valence-corrected chi connectivity index (χ1v) is 2.96. The van der Waals surface area contributed by atoms with Gasteiger partial charge in [-0.15, -0.1) is 11.3 Å². The molecule has 0 aliphatic carbocycles. The number of halogens is 2. The summed E-state index contributed by atoms with van der Waals surface area (Å²) in [5.74, 6) is -1.99. The summed E-state index contributed by atoms with van der Waals surface area (Å²) in [6, 6.07) is 1.52. The standard InChI is InChI=1S/C5HF2NS/c6-3-2-9-4(1-8)5(3)7/h2H. The number of nitrogens with zero attached hydrogens (tertiary/aromatic N) is 1. The SMILES string of the molecule is N#Cc1scc(F)c1F. The molecule has 1 aromatic rings. The van der Waals surface area contributed by atoms with Gasteiger partial charge in [0, 0.05) is 5.38 Å². The maximum absolute atomic E-state index is 12.2. The summed E-state index contributed by atoms with van der Waals surface area (Å²) < 4.78 is 24.2. The lowest BCUT2D eigenvalue weighted by atomic mass is 10.5. The van der Waals surface area contributed by atoms with Gasteiger partial charge in [-0.05, 0) is 0 Å². The zero-order valence-electron chi connectivity index (χ0n) is 4.19. The van der Waals surface area contributed by atoms with Crippen molar-refractivity contribution in [2.24, 2.45) is 0 Å². The van der Waals surface area contributed by atoms with E-state index >= 15 is 0 Å². The first kappa shape index (κ1) is 6.17. The highest BCUT2D eigenvalue weighted by Gasteiger charge is 2.08. The van der Waals surface area contributed by atoms with Crippen molar-refractivity contribution in [3.05, 3.63) is 21.9 Å². The number of hydrogen-bond acceptors (Lipinski definition) is 2. The Hall–Kier alpha value is -0.950. The highest BCUT2D eigenvalue weighted by Crippen LogP contribution is 2.17. The fourth-order valence-corrected chi connectivity index (χ4v) is 0.976. The van der Waals surface area contributed by atoms with Crippen LogP contribution in [0, 0.1) is 23.0 Å². The molecular weight excluding hydrogens is 144 g/mol. The van der Waals surface area contributed by atoms with Crippen LogP contribution in [0.4, 0.5) is 8.78 Å². The molecule has 0 aromatic carbocycles. The smallest absolute Gasteiger partial charge is 0.187 e. The van der Waals surface area contributed by atoms with Gasteiger partial charge in [0.15, 0.2) is 11.6 Å². The summed E-state index contributed by atoms with van der Waals surface area (Å²) in [5, 5.41) is 9.05. The van der Waals surface area contributed by atoms with E-state index in [-0.39, 0.29) is 4.88 Å². The van der Waals surface area contributed by atoms with Gasteiger partial charge in [0.25, 0.3) is 0 Å². The van der Waals surface area contributed by atoms with E-state index in [1.807, 2.05) is 0 Å². The minimum atomic E-state index is -1.04. The fraction of sp³-hybridized carbons (Fsp3) is 0. The molecule has 0 aliphatic heterocycles. The Morgan fingerprint density at radius 3 is 2.44 bits per heavy atom. The number of thiophene rings is 1. The summed E-state index contributed by atoms with van der Waals surface area (Å²) in [7, 11) is 0. The maximum atomic E-state index is 12.2. The predicted octanol–water partition coefficient (Wildman–Crippen LogP) is 1.90. The van der Waals surface area contributed by atoms with E-state index in [0.29, 0.717) is 0 Å². The average Bonchev–Trinajstić information content (AvgIpc) is 2.15. The molecule has 9 heavy (non-hydrogen) atoms. The largest absolute Gasteiger partial charge is 0.203 e. The first-order valence-electron chi connectivity index (χ1n) is 2.08. The fourth-order valence-electron chi connectivity index (χ4n) is 0.398. The second kappa shape index (κ2) is 2.11. The quantitative estimate of drug-likeness (QED) is 0.547. The zero-order valence-corrected chi connectivity index (χ0v) is 5.01. The van der Waals surface area contributed by atoms with Gasteiger partial charge >= 0.3 is 0 Å². The van der Waals surface area contributed by atoms with E-state index in [0.717, 1.165) is 16.7 Å². The van der Waals surface area contributed by atoms with Gasteiger partial charge in [0.1, 0.15) is 10.9 Å². The molecule has 0 fully saturated rings. The third-order valence-electron chi connectivity index (χ3n) is 0.791. The molecule has 4 heteroatoms. The Kier molecular flexibility index (Phi) is 1.45.